The third-order valence-electron chi connectivity index (χ3n) is 4.97. The van der Waals surface area contributed by atoms with Crippen molar-refractivity contribution >= 4 is 11.9 Å². The molecule has 2 aromatic rings. The minimum atomic E-state index is -0.834. The van der Waals surface area contributed by atoms with Gasteiger partial charge in [0.15, 0.2) is 22.9 Å². The fraction of sp³-hybridized carbons (Fsp3) is 0.478. The van der Waals surface area contributed by atoms with Crippen molar-refractivity contribution in [2.75, 3.05) is 26.8 Å². The maximum Gasteiger partial charge on any atom is 0.359 e. The zero-order valence-corrected chi connectivity index (χ0v) is 18.7. The lowest BCUT2D eigenvalue weighted by molar-refractivity contribution is 0.0513. The van der Waals surface area contributed by atoms with Crippen LogP contribution >= 0.6 is 0 Å². The number of aromatic hydroxyl groups is 2. The van der Waals surface area contributed by atoms with Crippen LogP contribution in [-0.4, -0.2) is 58.4 Å². The molecule has 1 heterocycles. The van der Waals surface area contributed by atoms with Crippen LogP contribution in [0.1, 0.15) is 67.4 Å². The number of unbranched alkanes of at least 4 members (excludes halogenated alkanes) is 2. The summed E-state index contributed by atoms with van der Waals surface area (Å²) in [4.78, 5) is 27.8. The van der Waals surface area contributed by atoms with E-state index in [1.807, 2.05) is 13.8 Å². The summed E-state index contributed by atoms with van der Waals surface area (Å²) < 4.78 is 11.5. The highest BCUT2D eigenvalue weighted by molar-refractivity contribution is 6.02. The van der Waals surface area contributed by atoms with E-state index in [2.05, 4.69) is 0 Å². The molecule has 0 atom stereocenters. The Balaban J connectivity index is 2.67. The number of amides is 1. The van der Waals surface area contributed by atoms with E-state index in [0.717, 1.165) is 25.7 Å². The third-order valence-corrected chi connectivity index (χ3v) is 4.97. The van der Waals surface area contributed by atoms with Crippen LogP contribution in [0.15, 0.2) is 24.3 Å². The highest BCUT2D eigenvalue weighted by Crippen LogP contribution is 2.39. The lowest BCUT2D eigenvalue weighted by Crippen LogP contribution is -2.34. The molecule has 0 aliphatic heterocycles. The molecule has 0 saturated heterocycles. The van der Waals surface area contributed by atoms with E-state index in [0.29, 0.717) is 24.5 Å². The predicted octanol–water partition coefficient (Wildman–Crippen LogP) is 4.12. The topological polar surface area (TPSA) is 101 Å². The molecule has 1 aromatic carbocycles. The molecular formula is C23H32N2O6. The molecule has 0 fully saturated rings. The van der Waals surface area contributed by atoms with Crippen molar-refractivity contribution in [2.45, 2.75) is 46.5 Å². The van der Waals surface area contributed by atoms with Crippen LogP contribution in [0, 0.1) is 0 Å². The summed E-state index contributed by atoms with van der Waals surface area (Å²) in [5.74, 6) is -2.02. The van der Waals surface area contributed by atoms with Gasteiger partial charge in [-0.3, -0.25) is 9.36 Å². The van der Waals surface area contributed by atoms with Crippen molar-refractivity contribution in [3.05, 3.63) is 35.7 Å². The van der Waals surface area contributed by atoms with Crippen LogP contribution in [0.3, 0.4) is 0 Å². The van der Waals surface area contributed by atoms with Crippen LogP contribution in [0.2, 0.25) is 0 Å². The highest BCUT2D eigenvalue weighted by atomic mass is 16.5. The molecule has 2 rings (SSSR count). The molecule has 0 bridgehead atoms. The fourth-order valence-electron chi connectivity index (χ4n) is 3.28. The SMILES string of the molecule is CCCCN(CCCC)C(=O)c1c(O)c(O)c(C(=O)OCC)n1-c1ccc(OC)cc1. The van der Waals surface area contributed by atoms with E-state index in [4.69, 9.17) is 9.47 Å². The van der Waals surface area contributed by atoms with Gasteiger partial charge in [-0.2, -0.15) is 0 Å². The van der Waals surface area contributed by atoms with Gasteiger partial charge in [-0.05, 0) is 44.0 Å². The second-order valence-corrected chi connectivity index (χ2v) is 7.15. The summed E-state index contributed by atoms with van der Waals surface area (Å²) in [5, 5.41) is 21.3. The maximum atomic E-state index is 13.5. The van der Waals surface area contributed by atoms with Crippen molar-refractivity contribution in [2.24, 2.45) is 0 Å². The Labute approximate surface area is 183 Å². The standard InChI is InChI=1S/C23H32N2O6/c1-5-8-14-24(15-9-6-2)22(28)18-20(26)21(27)19(23(29)31-7-3)25(18)16-10-12-17(30-4)13-11-16/h10-13,26-27H,5-9,14-15H2,1-4H3. The largest absolute Gasteiger partial charge is 0.503 e. The minimum absolute atomic E-state index is 0.0786. The first-order valence-electron chi connectivity index (χ1n) is 10.7. The Kier molecular flexibility index (Phi) is 8.78. The van der Waals surface area contributed by atoms with E-state index >= 15 is 0 Å². The number of hydrogen-bond acceptors (Lipinski definition) is 6. The van der Waals surface area contributed by atoms with Crippen LogP contribution in [0.25, 0.3) is 5.69 Å². The van der Waals surface area contributed by atoms with Gasteiger partial charge < -0.3 is 24.6 Å². The quantitative estimate of drug-likeness (QED) is 0.518. The molecule has 31 heavy (non-hydrogen) atoms. The van der Waals surface area contributed by atoms with Gasteiger partial charge in [-0.1, -0.05) is 26.7 Å². The zero-order valence-electron chi connectivity index (χ0n) is 18.7. The number of aromatic nitrogens is 1. The smallest absolute Gasteiger partial charge is 0.359 e. The van der Waals surface area contributed by atoms with E-state index in [1.54, 1.807) is 36.1 Å². The second kappa shape index (κ2) is 11.3. The number of ether oxygens (including phenoxy) is 2. The van der Waals surface area contributed by atoms with Crippen molar-refractivity contribution < 1.29 is 29.3 Å². The van der Waals surface area contributed by atoms with Crippen molar-refractivity contribution in [1.82, 2.24) is 9.47 Å². The van der Waals surface area contributed by atoms with Crippen LogP contribution in [0.4, 0.5) is 0 Å². The fourth-order valence-corrected chi connectivity index (χ4v) is 3.28. The highest BCUT2D eigenvalue weighted by Gasteiger charge is 2.34. The van der Waals surface area contributed by atoms with Gasteiger partial charge in [0, 0.05) is 18.8 Å². The maximum absolute atomic E-state index is 13.5. The molecule has 1 amide bonds. The summed E-state index contributed by atoms with van der Waals surface area (Å²) in [6.45, 7) is 6.81. The van der Waals surface area contributed by atoms with Gasteiger partial charge in [-0.15, -0.1) is 0 Å². The molecule has 8 nitrogen and oxygen atoms in total. The number of carbonyl (C=O) groups is 2. The van der Waals surface area contributed by atoms with Gasteiger partial charge in [0.1, 0.15) is 5.75 Å². The van der Waals surface area contributed by atoms with E-state index in [1.165, 1.54) is 11.7 Å². The van der Waals surface area contributed by atoms with Gasteiger partial charge in [-0.25, -0.2) is 4.79 Å². The van der Waals surface area contributed by atoms with E-state index in [9.17, 15) is 19.8 Å². The van der Waals surface area contributed by atoms with Crippen LogP contribution in [0.5, 0.6) is 17.2 Å². The monoisotopic (exact) mass is 432 g/mol. The van der Waals surface area contributed by atoms with Gasteiger partial charge in [0.25, 0.3) is 5.91 Å². The summed E-state index contributed by atoms with van der Waals surface area (Å²) >= 11 is 0. The first-order chi connectivity index (χ1) is 14.9. The van der Waals surface area contributed by atoms with Gasteiger partial charge in [0.05, 0.1) is 13.7 Å². The molecular weight excluding hydrogens is 400 g/mol. The number of esters is 1. The summed E-state index contributed by atoms with van der Waals surface area (Å²) in [7, 11) is 1.53. The molecule has 0 radical (unpaired) electrons. The Hall–Kier alpha value is -3.16. The molecule has 0 aliphatic rings. The summed E-state index contributed by atoms with van der Waals surface area (Å²) in [6, 6.07) is 6.61. The minimum Gasteiger partial charge on any atom is -0.503 e. The van der Waals surface area contributed by atoms with Crippen molar-refractivity contribution in [3.8, 4) is 22.9 Å². The Morgan fingerprint density at radius 2 is 1.48 bits per heavy atom. The van der Waals surface area contributed by atoms with E-state index < -0.39 is 23.4 Å². The number of hydrogen-bond donors (Lipinski definition) is 2. The Morgan fingerprint density at radius 3 is 1.97 bits per heavy atom. The molecule has 0 spiro atoms. The molecule has 170 valence electrons. The molecule has 0 unspecified atom stereocenters. The lowest BCUT2D eigenvalue weighted by Gasteiger charge is -2.23. The molecule has 1 aromatic heterocycles. The molecule has 8 heteroatoms. The van der Waals surface area contributed by atoms with Gasteiger partial charge in [0.2, 0.25) is 0 Å². The average Bonchev–Trinajstić information content (AvgIpc) is 3.04. The van der Waals surface area contributed by atoms with Gasteiger partial charge >= 0.3 is 5.97 Å². The van der Waals surface area contributed by atoms with Crippen molar-refractivity contribution in [1.29, 1.82) is 0 Å². The first-order valence-corrected chi connectivity index (χ1v) is 10.7. The lowest BCUT2D eigenvalue weighted by atomic mass is 10.2. The van der Waals surface area contributed by atoms with E-state index in [-0.39, 0.29) is 18.0 Å². The van der Waals surface area contributed by atoms with Crippen molar-refractivity contribution in [3.63, 3.8) is 0 Å². The Bertz CT molecular complexity index is 880. The molecule has 0 saturated carbocycles. The number of nitrogens with zero attached hydrogens (tertiary/aromatic N) is 2. The van der Waals surface area contributed by atoms with Crippen LogP contribution in [-0.2, 0) is 4.74 Å². The number of carbonyl (C=O) groups excluding carboxylic acids is 2. The number of methoxy groups -OCH3 is 1. The Morgan fingerprint density at radius 1 is 0.935 bits per heavy atom. The number of benzene rings is 1. The second-order valence-electron chi connectivity index (χ2n) is 7.15. The number of rotatable bonds is 11. The van der Waals surface area contributed by atoms with Crippen LogP contribution < -0.4 is 4.74 Å². The predicted molar refractivity (Wildman–Crippen MR) is 117 cm³/mol. The third kappa shape index (κ3) is 5.31. The first kappa shape index (κ1) is 24.1. The molecule has 0 aliphatic carbocycles. The normalized spacial score (nSPS) is 10.7. The average molecular weight is 433 g/mol. The zero-order chi connectivity index (χ0) is 23.0. The summed E-state index contributed by atoms with van der Waals surface area (Å²) in [6.07, 6.45) is 3.41. The molecule has 2 N–H and O–H groups in total. The summed E-state index contributed by atoms with van der Waals surface area (Å²) in [5.41, 5.74) is -0.0505.